The average Bonchev–Trinajstić information content (AvgIpc) is 2.76. The van der Waals surface area contributed by atoms with Gasteiger partial charge in [-0.2, -0.15) is 0 Å². The van der Waals surface area contributed by atoms with Crippen LogP contribution in [0.5, 0.6) is 0 Å². The SMILES string of the molecule is CN(CC(=O)OCc1ccccc1)C(=O)CN(C)C(=O)CN(C)C(=O)CN(C)C(=O)OC(C)(C)C. The molecule has 0 heterocycles. The van der Waals surface area contributed by atoms with Gasteiger partial charge in [-0.25, -0.2) is 4.79 Å². The minimum Gasteiger partial charge on any atom is -0.459 e. The number of carbonyl (C=O) groups is 5. The van der Waals surface area contributed by atoms with Crippen molar-refractivity contribution in [3.8, 4) is 0 Å². The van der Waals surface area contributed by atoms with E-state index in [1.54, 1.807) is 20.8 Å². The lowest BCUT2D eigenvalue weighted by atomic mass is 10.2. The van der Waals surface area contributed by atoms with Gasteiger partial charge in [0.2, 0.25) is 17.7 Å². The summed E-state index contributed by atoms with van der Waals surface area (Å²) >= 11 is 0. The molecule has 1 rings (SSSR count). The average molecular weight is 493 g/mol. The van der Waals surface area contributed by atoms with Gasteiger partial charge in [0.1, 0.15) is 25.3 Å². The van der Waals surface area contributed by atoms with E-state index in [0.29, 0.717) is 0 Å². The Labute approximate surface area is 206 Å². The lowest BCUT2D eigenvalue weighted by molar-refractivity contribution is -0.150. The fraction of sp³-hybridized carbons (Fsp3) is 0.542. The molecule has 0 fully saturated rings. The first-order valence-electron chi connectivity index (χ1n) is 11.0. The van der Waals surface area contributed by atoms with Crippen molar-refractivity contribution in [2.24, 2.45) is 0 Å². The molecule has 0 aliphatic rings. The third-order valence-electron chi connectivity index (χ3n) is 4.71. The molecule has 194 valence electrons. The third kappa shape index (κ3) is 11.4. The van der Waals surface area contributed by atoms with Gasteiger partial charge in [-0.15, -0.1) is 0 Å². The number of ether oxygens (including phenoxy) is 2. The van der Waals surface area contributed by atoms with Gasteiger partial charge in [0, 0.05) is 28.2 Å². The lowest BCUT2D eigenvalue weighted by Gasteiger charge is -2.27. The quantitative estimate of drug-likeness (QED) is 0.447. The molecule has 0 spiro atoms. The third-order valence-corrected chi connectivity index (χ3v) is 4.71. The molecule has 0 bridgehead atoms. The fourth-order valence-corrected chi connectivity index (χ4v) is 2.62. The predicted molar refractivity (Wildman–Crippen MR) is 128 cm³/mol. The van der Waals surface area contributed by atoms with Crippen molar-refractivity contribution >= 4 is 29.8 Å². The summed E-state index contributed by atoms with van der Waals surface area (Å²) in [5, 5.41) is 0. The molecule has 0 aliphatic heterocycles. The van der Waals surface area contributed by atoms with E-state index in [-0.39, 0.29) is 32.8 Å². The van der Waals surface area contributed by atoms with E-state index >= 15 is 0 Å². The van der Waals surface area contributed by atoms with Gasteiger partial charge in [0.05, 0.1) is 13.1 Å². The van der Waals surface area contributed by atoms with Crippen LogP contribution < -0.4 is 0 Å². The van der Waals surface area contributed by atoms with Gasteiger partial charge in [-0.1, -0.05) is 30.3 Å². The summed E-state index contributed by atoms with van der Waals surface area (Å²) < 4.78 is 10.4. The van der Waals surface area contributed by atoms with Gasteiger partial charge >= 0.3 is 12.1 Å². The van der Waals surface area contributed by atoms with Gasteiger partial charge in [-0.05, 0) is 26.3 Å². The number of nitrogens with zero attached hydrogens (tertiary/aromatic N) is 4. The predicted octanol–water partition coefficient (Wildman–Crippen LogP) is 0.972. The number of likely N-dealkylation sites (N-methyl/N-ethyl adjacent to an activating group) is 4. The summed E-state index contributed by atoms with van der Waals surface area (Å²) in [4.78, 5) is 65.9. The molecule has 11 heteroatoms. The zero-order valence-corrected chi connectivity index (χ0v) is 21.6. The number of esters is 1. The molecular weight excluding hydrogens is 456 g/mol. The Morgan fingerprint density at radius 2 is 1.11 bits per heavy atom. The van der Waals surface area contributed by atoms with Crippen LogP contribution in [0.1, 0.15) is 26.3 Å². The largest absolute Gasteiger partial charge is 0.459 e. The molecule has 1 aromatic rings. The highest BCUT2D eigenvalue weighted by atomic mass is 16.6. The molecule has 0 unspecified atom stereocenters. The van der Waals surface area contributed by atoms with E-state index in [4.69, 9.17) is 9.47 Å². The highest BCUT2D eigenvalue weighted by Gasteiger charge is 2.24. The van der Waals surface area contributed by atoms with Crippen LogP contribution in [0.4, 0.5) is 4.79 Å². The zero-order valence-electron chi connectivity index (χ0n) is 21.6. The van der Waals surface area contributed by atoms with E-state index < -0.39 is 35.4 Å². The second kappa shape index (κ2) is 13.3. The van der Waals surface area contributed by atoms with Crippen LogP contribution in [0.2, 0.25) is 0 Å². The minimum absolute atomic E-state index is 0.101. The molecule has 0 aromatic heterocycles. The van der Waals surface area contributed by atoms with Crippen LogP contribution in [-0.4, -0.2) is 109 Å². The lowest BCUT2D eigenvalue weighted by Crippen LogP contribution is -2.47. The fourth-order valence-electron chi connectivity index (χ4n) is 2.62. The summed E-state index contributed by atoms with van der Waals surface area (Å²) in [6, 6.07) is 9.15. The normalized spacial score (nSPS) is 10.7. The minimum atomic E-state index is -0.697. The van der Waals surface area contributed by atoms with Crippen molar-refractivity contribution < 1.29 is 33.4 Å². The molecule has 0 atom stereocenters. The second-order valence-corrected chi connectivity index (χ2v) is 9.23. The van der Waals surface area contributed by atoms with Gasteiger partial charge < -0.3 is 29.1 Å². The number of hydrogen-bond acceptors (Lipinski definition) is 7. The van der Waals surface area contributed by atoms with E-state index in [0.717, 1.165) is 20.3 Å². The van der Waals surface area contributed by atoms with Crippen LogP contribution >= 0.6 is 0 Å². The van der Waals surface area contributed by atoms with E-state index in [9.17, 15) is 24.0 Å². The molecule has 4 amide bonds. The smallest absolute Gasteiger partial charge is 0.410 e. The number of benzene rings is 1. The first-order valence-corrected chi connectivity index (χ1v) is 11.0. The zero-order chi connectivity index (χ0) is 26.8. The van der Waals surface area contributed by atoms with Gasteiger partial charge in [0.15, 0.2) is 0 Å². The summed E-state index contributed by atoms with van der Waals surface area (Å²) in [7, 11) is 5.71. The van der Waals surface area contributed by atoms with E-state index in [1.807, 2.05) is 30.3 Å². The maximum atomic E-state index is 12.5. The van der Waals surface area contributed by atoms with Crippen LogP contribution in [0.3, 0.4) is 0 Å². The van der Waals surface area contributed by atoms with Gasteiger partial charge in [-0.3, -0.25) is 19.2 Å². The number of carbonyl (C=O) groups excluding carboxylic acids is 5. The molecule has 0 aliphatic carbocycles. The van der Waals surface area contributed by atoms with Crippen molar-refractivity contribution in [1.29, 1.82) is 0 Å². The van der Waals surface area contributed by atoms with E-state index in [1.165, 1.54) is 33.1 Å². The monoisotopic (exact) mass is 492 g/mol. The number of hydrogen-bond donors (Lipinski definition) is 0. The summed E-state index contributed by atoms with van der Waals surface area (Å²) in [5.74, 6) is -1.98. The van der Waals surface area contributed by atoms with Crippen molar-refractivity contribution in [3.05, 3.63) is 35.9 Å². The molecule has 0 N–H and O–H groups in total. The van der Waals surface area contributed by atoms with Crippen molar-refractivity contribution in [3.63, 3.8) is 0 Å². The molecule has 0 saturated carbocycles. The van der Waals surface area contributed by atoms with Crippen molar-refractivity contribution in [2.75, 3.05) is 54.4 Å². The highest BCUT2D eigenvalue weighted by Crippen LogP contribution is 2.09. The Hall–Kier alpha value is -3.63. The Balaban J connectivity index is 2.45. The standard InChI is InChI=1S/C24H36N4O7/c1-24(2,3)35-23(33)28(7)15-21(31)26(5)13-19(29)25(4)14-20(30)27(6)16-22(32)34-17-18-11-9-8-10-12-18/h8-12H,13-17H2,1-7H3. The Kier molecular flexibility index (Phi) is 11.2. The topological polar surface area (TPSA) is 117 Å². The van der Waals surface area contributed by atoms with Crippen LogP contribution in [0.15, 0.2) is 30.3 Å². The van der Waals surface area contributed by atoms with Gasteiger partial charge in [0.25, 0.3) is 0 Å². The second-order valence-electron chi connectivity index (χ2n) is 9.23. The molecule has 11 nitrogen and oxygen atoms in total. The molecule has 0 saturated heterocycles. The van der Waals surface area contributed by atoms with Crippen LogP contribution in [0, 0.1) is 0 Å². The Bertz CT molecular complexity index is 899. The maximum absolute atomic E-state index is 12.5. The first-order chi connectivity index (χ1) is 16.2. The molecule has 35 heavy (non-hydrogen) atoms. The molecular formula is C24H36N4O7. The maximum Gasteiger partial charge on any atom is 0.410 e. The number of rotatable bonds is 10. The highest BCUT2D eigenvalue weighted by molar-refractivity contribution is 5.90. The van der Waals surface area contributed by atoms with Crippen LogP contribution in [0.25, 0.3) is 0 Å². The summed E-state index contributed by atoms with van der Waals surface area (Å²) in [6.07, 6.45) is -0.654. The van der Waals surface area contributed by atoms with E-state index in [2.05, 4.69) is 0 Å². The Morgan fingerprint density at radius 1 is 0.686 bits per heavy atom. The van der Waals surface area contributed by atoms with Crippen molar-refractivity contribution in [2.45, 2.75) is 33.0 Å². The molecule has 0 radical (unpaired) electrons. The number of amides is 4. The summed E-state index contributed by atoms with van der Waals surface area (Å²) in [5.41, 5.74) is 0.133. The van der Waals surface area contributed by atoms with Crippen LogP contribution in [-0.2, 0) is 35.3 Å². The molecule has 1 aromatic carbocycles. The first kappa shape index (κ1) is 29.4. The van der Waals surface area contributed by atoms with Crippen molar-refractivity contribution in [1.82, 2.24) is 19.6 Å². The Morgan fingerprint density at radius 3 is 1.57 bits per heavy atom. The summed E-state index contributed by atoms with van der Waals surface area (Å²) in [6.45, 7) is 4.16.